The minimum atomic E-state index is -0.366. The van der Waals surface area contributed by atoms with E-state index >= 15 is 0 Å². The Hall–Kier alpha value is -2.91. The molecule has 32 heavy (non-hydrogen) atoms. The Labute approximate surface area is 197 Å². The lowest BCUT2D eigenvalue weighted by molar-refractivity contribution is 0.0601. The van der Waals surface area contributed by atoms with Crippen LogP contribution >= 0.6 is 23.6 Å². The molecule has 2 aromatic heterocycles. The van der Waals surface area contributed by atoms with Crippen molar-refractivity contribution >= 4 is 45.3 Å². The summed E-state index contributed by atoms with van der Waals surface area (Å²) in [5.74, 6) is 0.446. The number of esters is 1. The summed E-state index contributed by atoms with van der Waals surface area (Å²) < 4.78 is 12.2. The minimum Gasteiger partial charge on any atom is -0.497 e. The van der Waals surface area contributed by atoms with Crippen LogP contribution in [-0.4, -0.2) is 35.1 Å². The molecule has 0 amide bonds. The maximum atomic E-state index is 12.4. The average molecular weight is 473 g/mol. The number of nitrogens with zero attached hydrogens (tertiary/aromatic N) is 2. The van der Waals surface area contributed by atoms with E-state index in [0.717, 1.165) is 45.2 Å². The number of aromatic nitrogens is 2. The van der Waals surface area contributed by atoms with E-state index in [4.69, 9.17) is 21.7 Å². The molecule has 2 heterocycles. The van der Waals surface area contributed by atoms with E-state index in [9.17, 15) is 4.79 Å². The number of methoxy groups -OCH3 is 2. The van der Waals surface area contributed by atoms with Gasteiger partial charge in [0.2, 0.25) is 0 Å². The molecular weight excluding hydrogens is 444 g/mol. The number of thiocarbonyl (C=S) groups is 1. The summed E-state index contributed by atoms with van der Waals surface area (Å²) in [6.45, 7) is 8.56. The largest absolute Gasteiger partial charge is 0.497 e. The van der Waals surface area contributed by atoms with Crippen LogP contribution in [-0.2, 0) is 17.7 Å². The van der Waals surface area contributed by atoms with E-state index < -0.39 is 0 Å². The van der Waals surface area contributed by atoms with Crippen LogP contribution in [0.15, 0.2) is 24.3 Å². The second-order valence-electron chi connectivity index (χ2n) is 7.32. The van der Waals surface area contributed by atoms with Gasteiger partial charge >= 0.3 is 5.97 Å². The van der Waals surface area contributed by atoms with Crippen LogP contribution in [0.5, 0.6) is 5.75 Å². The van der Waals surface area contributed by atoms with Gasteiger partial charge in [0.1, 0.15) is 10.8 Å². The number of nitrogens with one attached hydrogen (secondary N) is 2. The van der Waals surface area contributed by atoms with Crippen molar-refractivity contribution in [2.75, 3.05) is 24.9 Å². The van der Waals surface area contributed by atoms with Crippen LogP contribution < -0.4 is 15.4 Å². The van der Waals surface area contributed by atoms with Crippen LogP contribution in [0.4, 0.5) is 10.7 Å². The first-order chi connectivity index (χ1) is 15.3. The van der Waals surface area contributed by atoms with Gasteiger partial charge in [0.15, 0.2) is 5.11 Å². The van der Waals surface area contributed by atoms with Gasteiger partial charge in [-0.05, 0) is 62.7 Å². The van der Waals surface area contributed by atoms with Gasteiger partial charge < -0.3 is 20.1 Å². The molecule has 3 aromatic rings. The molecule has 0 atom stereocenters. The van der Waals surface area contributed by atoms with Gasteiger partial charge in [-0.3, -0.25) is 4.68 Å². The van der Waals surface area contributed by atoms with Crippen molar-refractivity contribution in [1.82, 2.24) is 9.78 Å². The molecule has 0 aliphatic rings. The molecule has 0 radical (unpaired) electrons. The monoisotopic (exact) mass is 472 g/mol. The third-order valence-electron chi connectivity index (χ3n) is 5.27. The lowest BCUT2D eigenvalue weighted by Gasteiger charge is -2.12. The van der Waals surface area contributed by atoms with E-state index in [1.165, 1.54) is 18.4 Å². The summed E-state index contributed by atoms with van der Waals surface area (Å²) >= 11 is 7.05. The fraction of sp³-hybridized carbons (Fsp3) is 0.348. The Morgan fingerprint density at radius 2 is 1.97 bits per heavy atom. The van der Waals surface area contributed by atoms with E-state index in [-0.39, 0.29) is 5.97 Å². The van der Waals surface area contributed by atoms with Crippen LogP contribution in [0.3, 0.4) is 0 Å². The van der Waals surface area contributed by atoms with Gasteiger partial charge in [-0.15, -0.1) is 11.3 Å². The zero-order valence-electron chi connectivity index (χ0n) is 19.2. The molecule has 7 nitrogen and oxygen atoms in total. The third kappa shape index (κ3) is 4.94. The van der Waals surface area contributed by atoms with Gasteiger partial charge in [-0.25, -0.2) is 4.79 Å². The highest BCUT2D eigenvalue weighted by Crippen LogP contribution is 2.34. The number of thiophene rings is 1. The maximum absolute atomic E-state index is 12.4. The number of carbonyl (C=O) groups excluding carboxylic acids is 1. The molecule has 1 aromatic carbocycles. The van der Waals surface area contributed by atoms with Crippen molar-refractivity contribution in [1.29, 1.82) is 0 Å². The Morgan fingerprint density at radius 3 is 2.62 bits per heavy atom. The SMILES string of the molecule is CCc1c(C)sc(NC(=S)Nc2c(C)nn(Cc3cccc(OC)c3)c2C)c1C(=O)OC. The Kier molecular flexibility index (Phi) is 7.52. The van der Waals surface area contributed by atoms with Crippen LogP contribution in [0, 0.1) is 20.8 Å². The first-order valence-electron chi connectivity index (χ1n) is 10.2. The van der Waals surface area contributed by atoms with Crippen molar-refractivity contribution in [2.45, 2.75) is 40.7 Å². The number of aryl methyl sites for hydroxylation is 2. The molecule has 3 rings (SSSR count). The number of anilines is 2. The first-order valence-corrected chi connectivity index (χ1v) is 11.5. The molecule has 0 saturated carbocycles. The number of hydrogen-bond donors (Lipinski definition) is 2. The second kappa shape index (κ2) is 10.1. The summed E-state index contributed by atoms with van der Waals surface area (Å²) in [6.07, 6.45) is 0.740. The number of benzene rings is 1. The molecule has 0 bridgehead atoms. The summed E-state index contributed by atoms with van der Waals surface area (Å²) in [5.41, 5.74) is 5.24. The summed E-state index contributed by atoms with van der Waals surface area (Å²) in [6, 6.07) is 7.91. The normalized spacial score (nSPS) is 10.7. The second-order valence-corrected chi connectivity index (χ2v) is 8.95. The van der Waals surface area contributed by atoms with Gasteiger partial charge in [-0.2, -0.15) is 5.10 Å². The van der Waals surface area contributed by atoms with Crippen molar-refractivity contribution in [3.05, 3.63) is 57.2 Å². The fourth-order valence-electron chi connectivity index (χ4n) is 3.63. The number of rotatable bonds is 7. The molecule has 0 aliphatic carbocycles. The van der Waals surface area contributed by atoms with Crippen molar-refractivity contribution in [2.24, 2.45) is 0 Å². The van der Waals surface area contributed by atoms with Crippen LogP contribution in [0.2, 0.25) is 0 Å². The van der Waals surface area contributed by atoms with Crippen LogP contribution in [0.1, 0.15) is 44.7 Å². The maximum Gasteiger partial charge on any atom is 0.341 e. The molecule has 2 N–H and O–H groups in total. The summed E-state index contributed by atoms with van der Waals surface area (Å²) in [7, 11) is 3.04. The highest BCUT2D eigenvalue weighted by Gasteiger charge is 2.23. The van der Waals surface area contributed by atoms with Gasteiger partial charge in [0.05, 0.1) is 43.4 Å². The van der Waals surface area contributed by atoms with E-state index in [1.807, 2.05) is 56.6 Å². The number of carbonyl (C=O) groups is 1. The molecule has 0 aliphatic heterocycles. The minimum absolute atomic E-state index is 0.366. The quantitative estimate of drug-likeness (QED) is 0.367. The van der Waals surface area contributed by atoms with E-state index in [0.29, 0.717) is 22.2 Å². The number of ether oxygens (including phenoxy) is 2. The zero-order valence-corrected chi connectivity index (χ0v) is 20.8. The standard InChI is InChI=1S/C23H28N4O3S2/c1-7-18-15(4)32-21(19(18)22(28)30-6)25-23(31)24-20-13(2)26-27(14(20)3)12-16-9-8-10-17(11-16)29-5/h8-11H,7,12H2,1-6H3,(H2,24,25,31). The van der Waals surface area contributed by atoms with Gasteiger partial charge in [0, 0.05) is 4.88 Å². The van der Waals surface area contributed by atoms with Crippen LogP contribution in [0.25, 0.3) is 0 Å². The Balaban J connectivity index is 1.80. The fourth-order valence-corrected chi connectivity index (χ4v) is 5.04. The molecule has 0 spiro atoms. The molecule has 0 saturated heterocycles. The smallest absolute Gasteiger partial charge is 0.341 e. The van der Waals surface area contributed by atoms with E-state index in [1.54, 1.807) is 7.11 Å². The highest BCUT2D eigenvalue weighted by atomic mass is 32.1. The zero-order chi connectivity index (χ0) is 23.4. The van der Waals surface area contributed by atoms with Gasteiger partial charge in [-0.1, -0.05) is 19.1 Å². The lowest BCUT2D eigenvalue weighted by Crippen LogP contribution is -2.21. The Bertz CT molecular complexity index is 1150. The molecule has 0 unspecified atom stereocenters. The third-order valence-corrected chi connectivity index (χ3v) is 6.53. The average Bonchev–Trinajstić information content (AvgIpc) is 3.23. The summed E-state index contributed by atoms with van der Waals surface area (Å²) in [5, 5.41) is 12.2. The van der Waals surface area contributed by atoms with E-state index in [2.05, 4.69) is 15.7 Å². The highest BCUT2D eigenvalue weighted by molar-refractivity contribution is 7.80. The summed E-state index contributed by atoms with van der Waals surface area (Å²) in [4.78, 5) is 13.4. The van der Waals surface area contributed by atoms with Crippen molar-refractivity contribution < 1.29 is 14.3 Å². The van der Waals surface area contributed by atoms with Crippen molar-refractivity contribution in [3.8, 4) is 5.75 Å². The first kappa shape index (κ1) is 23.7. The predicted molar refractivity (Wildman–Crippen MR) is 133 cm³/mol. The molecule has 9 heteroatoms. The van der Waals surface area contributed by atoms with Gasteiger partial charge in [0.25, 0.3) is 0 Å². The molecule has 0 fully saturated rings. The lowest BCUT2D eigenvalue weighted by atomic mass is 10.1. The predicted octanol–water partition coefficient (Wildman–Crippen LogP) is 5.08. The Morgan fingerprint density at radius 1 is 1.22 bits per heavy atom. The topological polar surface area (TPSA) is 77.4 Å². The molecular formula is C23H28N4O3S2. The molecule has 170 valence electrons. The number of hydrogen-bond acceptors (Lipinski definition) is 6. The van der Waals surface area contributed by atoms with Crippen molar-refractivity contribution in [3.63, 3.8) is 0 Å².